The van der Waals surface area contributed by atoms with E-state index in [0.717, 1.165) is 16.9 Å². The van der Waals surface area contributed by atoms with Gasteiger partial charge in [-0.15, -0.1) is 10.2 Å². The summed E-state index contributed by atoms with van der Waals surface area (Å²) < 4.78 is 6.85. The molecule has 1 aliphatic rings. The minimum absolute atomic E-state index is 0.0733. The number of methoxy groups -OCH3 is 1. The van der Waals surface area contributed by atoms with Gasteiger partial charge in [0.25, 0.3) is 0 Å². The molecular weight excluding hydrogens is 420 g/mol. The fraction of sp³-hybridized carbons (Fsp3) is 0.208. The third kappa shape index (κ3) is 4.00. The lowest BCUT2D eigenvalue weighted by Gasteiger charge is -2.17. The van der Waals surface area contributed by atoms with E-state index in [2.05, 4.69) is 20.6 Å². The highest BCUT2D eigenvalue weighted by molar-refractivity contribution is 6.03. The van der Waals surface area contributed by atoms with Crippen molar-refractivity contribution < 1.29 is 14.3 Å². The van der Waals surface area contributed by atoms with Gasteiger partial charge in [-0.1, -0.05) is 12.1 Å². The minimum atomic E-state index is -0.433. The summed E-state index contributed by atoms with van der Waals surface area (Å²) in [7, 11) is 1.59. The van der Waals surface area contributed by atoms with E-state index in [1.165, 1.54) is 0 Å². The van der Waals surface area contributed by atoms with E-state index in [1.54, 1.807) is 28.7 Å². The Morgan fingerprint density at radius 1 is 1.09 bits per heavy atom. The second-order valence-corrected chi connectivity index (χ2v) is 7.91. The third-order valence-corrected chi connectivity index (χ3v) is 5.72. The van der Waals surface area contributed by atoms with Crippen molar-refractivity contribution in [3.05, 3.63) is 66.5 Å². The standard InChI is InChI=1S/C24H22N6O3/c1-15-26-27-22-11-10-21(28-30(15)22)16-4-3-5-18(12-16)25-24(32)17-13-23(31)29(14-17)19-6-8-20(33-2)9-7-19/h3-12,17H,13-14H2,1-2H3,(H,25,32). The maximum Gasteiger partial charge on any atom is 0.229 e. The number of carbonyl (C=O) groups is 2. The molecule has 0 spiro atoms. The first kappa shape index (κ1) is 20.6. The summed E-state index contributed by atoms with van der Waals surface area (Å²) in [6, 6.07) is 18.4. The smallest absolute Gasteiger partial charge is 0.229 e. The highest BCUT2D eigenvalue weighted by Crippen LogP contribution is 2.28. The van der Waals surface area contributed by atoms with Gasteiger partial charge in [0.2, 0.25) is 11.8 Å². The Bertz CT molecular complexity index is 1350. The van der Waals surface area contributed by atoms with Gasteiger partial charge in [-0.25, -0.2) is 0 Å². The van der Waals surface area contributed by atoms with E-state index < -0.39 is 5.92 Å². The molecule has 1 fully saturated rings. The summed E-state index contributed by atoms with van der Waals surface area (Å²) in [5, 5.41) is 15.6. The first-order valence-corrected chi connectivity index (χ1v) is 10.6. The molecule has 2 aromatic heterocycles. The second kappa shape index (κ2) is 8.34. The molecule has 1 atom stereocenters. The van der Waals surface area contributed by atoms with Gasteiger partial charge in [0.15, 0.2) is 11.5 Å². The van der Waals surface area contributed by atoms with Crippen LogP contribution < -0.4 is 15.0 Å². The van der Waals surface area contributed by atoms with Crippen LogP contribution in [0.3, 0.4) is 0 Å². The highest BCUT2D eigenvalue weighted by Gasteiger charge is 2.35. The number of hydrogen-bond acceptors (Lipinski definition) is 6. The number of hydrogen-bond donors (Lipinski definition) is 1. The van der Waals surface area contributed by atoms with Crippen molar-refractivity contribution in [1.29, 1.82) is 0 Å². The number of ether oxygens (including phenoxy) is 1. The maximum absolute atomic E-state index is 12.9. The fourth-order valence-electron chi connectivity index (χ4n) is 3.95. The molecule has 5 rings (SSSR count). The van der Waals surface area contributed by atoms with Gasteiger partial charge >= 0.3 is 0 Å². The predicted octanol–water partition coefficient (Wildman–Crippen LogP) is 3.10. The fourth-order valence-corrected chi connectivity index (χ4v) is 3.95. The number of anilines is 2. The second-order valence-electron chi connectivity index (χ2n) is 7.91. The topological polar surface area (TPSA) is 102 Å². The Hall–Kier alpha value is -4.27. The number of rotatable bonds is 5. The van der Waals surface area contributed by atoms with Crippen LogP contribution in [-0.2, 0) is 9.59 Å². The molecule has 0 radical (unpaired) electrons. The molecule has 1 N–H and O–H groups in total. The van der Waals surface area contributed by atoms with Crippen LogP contribution >= 0.6 is 0 Å². The number of nitrogens with one attached hydrogen (secondary N) is 1. The van der Waals surface area contributed by atoms with Crippen molar-refractivity contribution in [3.63, 3.8) is 0 Å². The van der Waals surface area contributed by atoms with Crippen molar-refractivity contribution in [2.75, 3.05) is 23.9 Å². The first-order valence-electron chi connectivity index (χ1n) is 10.6. The third-order valence-electron chi connectivity index (χ3n) is 5.72. The van der Waals surface area contributed by atoms with Crippen molar-refractivity contribution in [3.8, 4) is 17.0 Å². The van der Waals surface area contributed by atoms with Gasteiger partial charge in [-0.2, -0.15) is 9.61 Å². The average Bonchev–Trinajstić information content (AvgIpc) is 3.42. The van der Waals surface area contributed by atoms with E-state index in [9.17, 15) is 9.59 Å². The van der Waals surface area contributed by atoms with E-state index in [-0.39, 0.29) is 18.2 Å². The number of benzene rings is 2. The number of carbonyl (C=O) groups excluding carboxylic acids is 2. The van der Waals surface area contributed by atoms with E-state index >= 15 is 0 Å². The van der Waals surface area contributed by atoms with Gasteiger partial charge in [0.1, 0.15) is 5.75 Å². The highest BCUT2D eigenvalue weighted by atomic mass is 16.5. The number of fused-ring (bicyclic) bond motifs is 1. The number of aryl methyl sites for hydroxylation is 1. The largest absolute Gasteiger partial charge is 0.497 e. The van der Waals surface area contributed by atoms with Gasteiger partial charge in [0, 0.05) is 29.9 Å². The minimum Gasteiger partial charge on any atom is -0.497 e. The SMILES string of the molecule is COc1ccc(N2CC(C(=O)Nc3cccc(-c4ccc5nnc(C)n5n4)c3)CC2=O)cc1. The Morgan fingerprint density at radius 3 is 2.70 bits per heavy atom. The summed E-state index contributed by atoms with van der Waals surface area (Å²) in [5.74, 6) is 0.721. The van der Waals surface area contributed by atoms with Crippen molar-refractivity contribution in [2.45, 2.75) is 13.3 Å². The molecule has 9 heteroatoms. The molecule has 33 heavy (non-hydrogen) atoms. The summed E-state index contributed by atoms with van der Waals surface area (Å²) in [6.07, 6.45) is 0.169. The van der Waals surface area contributed by atoms with Gasteiger partial charge in [0.05, 0.1) is 18.7 Å². The summed E-state index contributed by atoms with van der Waals surface area (Å²) >= 11 is 0. The Morgan fingerprint density at radius 2 is 1.91 bits per heavy atom. The lowest BCUT2D eigenvalue weighted by Crippen LogP contribution is -2.28. The lowest BCUT2D eigenvalue weighted by atomic mass is 10.1. The molecule has 1 saturated heterocycles. The molecule has 166 valence electrons. The Balaban J connectivity index is 1.30. The van der Waals surface area contributed by atoms with Crippen LogP contribution in [0.15, 0.2) is 60.7 Å². The molecule has 4 aromatic rings. The Labute approximate surface area is 190 Å². The average molecular weight is 442 g/mol. The Kier molecular flexibility index (Phi) is 5.21. The van der Waals surface area contributed by atoms with Crippen LogP contribution in [0.2, 0.25) is 0 Å². The zero-order valence-corrected chi connectivity index (χ0v) is 18.2. The number of amides is 2. The van der Waals surface area contributed by atoms with Crippen LogP contribution in [0, 0.1) is 12.8 Å². The molecule has 2 aromatic carbocycles. The zero-order valence-electron chi connectivity index (χ0n) is 18.2. The predicted molar refractivity (Wildman–Crippen MR) is 123 cm³/mol. The monoisotopic (exact) mass is 442 g/mol. The lowest BCUT2D eigenvalue weighted by molar-refractivity contribution is -0.122. The molecular formula is C24H22N6O3. The summed E-state index contributed by atoms with van der Waals surface area (Å²) in [5.41, 5.74) is 3.67. The molecule has 2 amide bonds. The van der Waals surface area contributed by atoms with Crippen LogP contribution in [0.25, 0.3) is 16.9 Å². The molecule has 9 nitrogen and oxygen atoms in total. The van der Waals surface area contributed by atoms with Crippen LogP contribution in [0.5, 0.6) is 5.75 Å². The quantitative estimate of drug-likeness (QED) is 0.510. The van der Waals surface area contributed by atoms with Crippen molar-refractivity contribution in [2.24, 2.45) is 5.92 Å². The van der Waals surface area contributed by atoms with Crippen LogP contribution in [0.1, 0.15) is 12.2 Å². The molecule has 1 unspecified atom stereocenters. The normalized spacial score (nSPS) is 15.8. The summed E-state index contributed by atoms with van der Waals surface area (Å²) in [4.78, 5) is 27.1. The first-order chi connectivity index (χ1) is 16.0. The van der Waals surface area contributed by atoms with Gasteiger partial charge in [-0.3, -0.25) is 9.59 Å². The van der Waals surface area contributed by atoms with E-state index in [1.807, 2.05) is 55.5 Å². The van der Waals surface area contributed by atoms with Crippen molar-refractivity contribution >= 4 is 28.8 Å². The summed E-state index contributed by atoms with van der Waals surface area (Å²) in [6.45, 7) is 2.17. The van der Waals surface area contributed by atoms with E-state index in [0.29, 0.717) is 29.5 Å². The van der Waals surface area contributed by atoms with Gasteiger partial charge in [-0.05, 0) is 55.5 Å². The van der Waals surface area contributed by atoms with Crippen LogP contribution in [0.4, 0.5) is 11.4 Å². The van der Waals surface area contributed by atoms with Crippen LogP contribution in [-0.4, -0.2) is 45.3 Å². The molecule has 0 bridgehead atoms. The molecule has 3 heterocycles. The van der Waals surface area contributed by atoms with Crippen molar-refractivity contribution in [1.82, 2.24) is 19.8 Å². The van der Waals surface area contributed by atoms with E-state index in [4.69, 9.17) is 4.74 Å². The molecule has 1 aliphatic heterocycles. The maximum atomic E-state index is 12.9. The number of nitrogens with zero attached hydrogens (tertiary/aromatic N) is 5. The van der Waals surface area contributed by atoms with Gasteiger partial charge < -0.3 is 15.0 Å². The number of aromatic nitrogens is 4. The molecule has 0 aliphatic carbocycles. The molecule has 0 saturated carbocycles. The zero-order chi connectivity index (χ0) is 22.9.